The van der Waals surface area contributed by atoms with Crippen LogP contribution in [-0.4, -0.2) is 41.4 Å². The number of hydrogen-bond donors (Lipinski definition) is 1. The Bertz CT molecular complexity index is 1050. The molecule has 2 aromatic rings. The van der Waals surface area contributed by atoms with Crippen LogP contribution in [0.1, 0.15) is 0 Å². The number of benzene rings is 2. The highest BCUT2D eigenvalue weighted by Gasteiger charge is 2.55. The molecule has 0 aliphatic carbocycles. The van der Waals surface area contributed by atoms with Crippen molar-refractivity contribution in [3.63, 3.8) is 0 Å². The molecule has 1 fully saturated rings. The van der Waals surface area contributed by atoms with Crippen LogP contribution in [0.5, 0.6) is 0 Å². The average molecular weight is 497 g/mol. The number of halogens is 3. The molecule has 0 spiro atoms. The summed E-state index contributed by atoms with van der Waals surface area (Å²) in [7, 11) is 0. The SMILES string of the molecule is O=C(CN1N=NC2C(=O)N(c3ccc(Br)cc3)C(=O)C21)Nc1ccc(Cl)cc1Cl. The summed E-state index contributed by atoms with van der Waals surface area (Å²) in [6.45, 7) is -0.267. The fourth-order valence-corrected chi connectivity index (χ4v) is 3.85. The van der Waals surface area contributed by atoms with Crippen molar-refractivity contribution in [2.45, 2.75) is 12.1 Å². The Labute approximate surface area is 183 Å². The van der Waals surface area contributed by atoms with Crippen molar-refractivity contribution in [2.75, 3.05) is 16.8 Å². The summed E-state index contributed by atoms with van der Waals surface area (Å²) in [6, 6.07) is 9.48. The lowest BCUT2D eigenvalue weighted by Crippen LogP contribution is -2.43. The summed E-state index contributed by atoms with van der Waals surface area (Å²) in [4.78, 5) is 39.0. The van der Waals surface area contributed by atoms with Gasteiger partial charge in [-0.15, -0.1) is 0 Å². The van der Waals surface area contributed by atoms with Gasteiger partial charge in [0.15, 0.2) is 12.1 Å². The van der Waals surface area contributed by atoms with Gasteiger partial charge in [0.25, 0.3) is 11.8 Å². The molecule has 0 bridgehead atoms. The molecule has 148 valence electrons. The Hall–Kier alpha value is -2.49. The van der Waals surface area contributed by atoms with Gasteiger partial charge in [0.1, 0.15) is 6.54 Å². The van der Waals surface area contributed by atoms with Gasteiger partial charge in [-0.25, -0.2) is 4.90 Å². The van der Waals surface area contributed by atoms with E-state index in [0.717, 1.165) is 9.37 Å². The second-order valence-electron chi connectivity index (χ2n) is 6.35. The molecule has 0 radical (unpaired) electrons. The average Bonchev–Trinajstić information content (AvgIpc) is 3.19. The summed E-state index contributed by atoms with van der Waals surface area (Å²) >= 11 is 15.2. The summed E-state index contributed by atoms with van der Waals surface area (Å²) in [6.07, 6.45) is 0. The molecule has 2 aliphatic rings. The lowest BCUT2D eigenvalue weighted by Gasteiger charge is -2.20. The highest BCUT2D eigenvalue weighted by Crippen LogP contribution is 2.32. The van der Waals surface area contributed by atoms with Gasteiger partial charge in [-0.2, -0.15) is 5.11 Å². The van der Waals surface area contributed by atoms with E-state index in [1.165, 1.54) is 11.1 Å². The number of rotatable bonds is 4. The number of carbonyl (C=O) groups is 3. The van der Waals surface area contributed by atoms with Gasteiger partial charge < -0.3 is 5.32 Å². The number of hydrogen-bond acceptors (Lipinski definition) is 6. The van der Waals surface area contributed by atoms with Crippen molar-refractivity contribution in [2.24, 2.45) is 10.3 Å². The maximum absolute atomic E-state index is 12.9. The topological polar surface area (TPSA) is 94.4 Å². The zero-order valence-electron chi connectivity index (χ0n) is 14.6. The van der Waals surface area contributed by atoms with E-state index in [4.69, 9.17) is 23.2 Å². The van der Waals surface area contributed by atoms with E-state index in [1.54, 1.807) is 36.4 Å². The van der Waals surface area contributed by atoms with Crippen molar-refractivity contribution in [3.8, 4) is 0 Å². The first kappa shape index (κ1) is 19.8. The Morgan fingerprint density at radius 2 is 1.83 bits per heavy atom. The monoisotopic (exact) mass is 495 g/mol. The lowest BCUT2D eigenvalue weighted by molar-refractivity contribution is -0.123. The normalized spacial score (nSPS) is 20.4. The van der Waals surface area contributed by atoms with E-state index in [1.807, 2.05) is 0 Å². The van der Waals surface area contributed by atoms with Crippen molar-refractivity contribution >= 4 is 68.2 Å². The number of amides is 3. The molecule has 2 atom stereocenters. The van der Waals surface area contributed by atoms with E-state index in [-0.39, 0.29) is 11.6 Å². The maximum Gasteiger partial charge on any atom is 0.263 e. The highest BCUT2D eigenvalue weighted by molar-refractivity contribution is 9.10. The van der Waals surface area contributed by atoms with Crippen molar-refractivity contribution < 1.29 is 14.4 Å². The molecule has 1 saturated heterocycles. The summed E-state index contributed by atoms with van der Waals surface area (Å²) in [5, 5.41) is 12.3. The van der Waals surface area contributed by atoms with Gasteiger partial charge in [-0.05, 0) is 42.5 Å². The first-order chi connectivity index (χ1) is 13.8. The van der Waals surface area contributed by atoms with Crippen LogP contribution in [0.4, 0.5) is 11.4 Å². The highest BCUT2D eigenvalue weighted by atomic mass is 79.9. The van der Waals surface area contributed by atoms with Crippen LogP contribution in [0.2, 0.25) is 10.0 Å². The summed E-state index contributed by atoms with van der Waals surface area (Å²) in [5.74, 6) is -1.42. The zero-order valence-corrected chi connectivity index (χ0v) is 17.6. The number of imide groups is 1. The van der Waals surface area contributed by atoms with Gasteiger partial charge >= 0.3 is 0 Å². The lowest BCUT2D eigenvalue weighted by atomic mass is 10.1. The van der Waals surface area contributed by atoms with E-state index in [0.29, 0.717) is 16.4 Å². The molecule has 2 unspecified atom stereocenters. The van der Waals surface area contributed by atoms with E-state index < -0.39 is 29.8 Å². The van der Waals surface area contributed by atoms with Gasteiger partial charge in [0.2, 0.25) is 5.91 Å². The standard InChI is InChI=1S/C18H12BrCl2N5O3/c19-9-1-4-11(5-2-9)26-17(28)15-16(18(26)29)25(24-23-15)8-14(27)22-13-6-3-10(20)7-12(13)21/h1-7,15-16H,8H2,(H,22,27). The molecule has 0 saturated carbocycles. The Kier molecular flexibility index (Phi) is 5.28. The van der Waals surface area contributed by atoms with Crippen molar-refractivity contribution in [1.82, 2.24) is 5.01 Å². The molecule has 2 heterocycles. The molecule has 2 aromatic carbocycles. The van der Waals surface area contributed by atoms with Crippen LogP contribution in [0, 0.1) is 0 Å². The molecule has 3 amide bonds. The predicted molar refractivity (Wildman–Crippen MR) is 111 cm³/mol. The third-order valence-corrected chi connectivity index (χ3v) is 5.53. The van der Waals surface area contributed by atoms with Crippen LogP contribution in [0.25, 0.3) is 0 Å². The van der Waals surface area contributed by atoms with Crippen LogP contribution < -0.4 is 10.2 Å². The first-order valence-corrected chi connectivity index (χ1v) is 9.96. The minimum Gasteiger partial charge on any atom is -0.323 e. The fourth-order valence-electron chi connectivity index (χ4n) is 3.13. The minimum atomic E-state index is -0.974. The van der Waals surface area contributed by atoms with Crippen molar-refractivity contribution in [1.29, 1.82) is 0 Å². The number of carbonyl (C=O) groups excluding carboxylic acids is 3. The second-order valence-corrected chi connectivity index (χ2v) is 8.11. The third-order valence-electron chi connectivity index (χ3n) is 4.45. The first-order valence-electron chi connectivity index (χ1n) is 8.41. The van der Waals surface area contributed by atoms with Gasteiger partial charge in [0, 0.05) is 9.50 Å². The fraction of sp³-hybridized carbons (Fsp3) is 0.167. The largest absolute Gasteiger partial charge is 0.323 e. The molecule has 29 heavy (non-hydrogen) atoms. The number of anilines is 2. The van der Waals surface area contributed by atoms with Crippen LogP contribution in [0.15, 0.2) is 57.3 Å². The Morgan fingerprint density at radius 1 is 1.10 bits per heavy atom. The van der Waals surface area contributed by atoms with E-state index in [2.05, 4.69) is 31.6 Å². The molecule has 1 N–H and O–H groups in total. The zero-order chi connectivity index (χ0) is 20.7. The number of nitrogens with zero attached hydrogens (tertiary/aromatic N) is 4. The molecule has 11 heteroatoms. The number of nitrogens with one attached hydrogen (secondary N) is 1. The molecule has 4 rings (SSSR count). The van der Waals surface area contributed by atoms with E-state index >= 15 is 0 Å². The maximum atomic E-state index is 12.9. The third kappa shape index (κ3) is 3.73. The summed E-state index contributed by atoms with van der Waals surface area (Å²) in [5.41, 5.74) is 0.809. The van der Waals surface area contributed by atoms with Gasteiger partial charge in [-0.3, -0.25) is 19.4 Å². The molecule has 0 aromatic heterocycles. The van der Waals surface area contributed by atoms with Gasteiger partial charge in [0.05, 0.1) is 16.4 Å². The van der Waals surface area contributed by atoms with E-state index in [9.17, 15) is 14.4 Å². The van der Waals surface area contributed by atoms with Crippen LogP contribution in [-0.2, 0) is 14.4 Å². The molecular formula is C18H12BrCl2N5O3. The smallest absolute Gasteiger partial charge is 0.263 e. The van der Waals surface area contributed by atoms with Crippen LogP contribution in [0.3, 0.4) is 0 Å². The number of fused-ring (bicyclic) bond motifs is 1. The molecule has 8 nitrogen and oxygen atoms in total. The van der Waals surface area contributed by atoms with Crippen molar-refractivity contribution in [3.05, 3.63) is 57.0 Å². The molecule has 2 aliphatic heterocycles. The molecular weight excluding hydrogens is 485 g/mol. The summed E-state index contributed by atoms with van der Waals surface area (Å²) < 4.78 is 0.819. The van der Waals surface area contributed by atoms with Gasteiger partial charge in [-0.1, -0.05) is 44.4 Å². The minimum absolute atomic E-state index is 0.267. The quantitative estimate of drug-likeness (QED) is 0.653. The second kappa shape index (κ2) is 7.74. The Morgan fingerprint density at radius 3 is 2.52 bits per heavy atom. The Balaban J connectivity index is 1.49. The van der Waals surface area contributed by atoms with Crippen LogP contribution >= 0.6 is 39.1 Å². The predicted octanol–water partition coefficient (Wildman–Crippen LogP) is 3.69.